The molecule has 0 bridgehead atoms. The van der Waals surface area contributed by atoms with Crippen LogP contribution in [0.2, 0.25) is 0 Å². The van der Waals surface area contributed by atoms with Crippen LogP contribution in [-0.4, -0.2) is 25.9 Å². The SMILES string of the molecule is Cc1cc(CNC(C)CC(O)c2cccs2)ccc1-n1cncn1. The average molecular weight is 342 g/mol. The second-order valence-electron chi connectivity index (χ2n) is 6.01. The van der Waals surface area contributed by atoms with Crippen molar-refractivity contribution in [3.05, 3.63) is 64.4 Å². The summed E-state index contributed by atoms with van der Waals surface area (Å²) in [6.45, 7) is 4.95. The number of hydrogen-bond donors (Lipinski definition) is 2. The molecule has 0 aliphatic rings. The molecule has 2 unspecified atom stereocenters. The highest BCUT2D eigenvalue weighted by Gasteiger charge is 2.13. The van der Waals surface area contributed by atoms with Crippen molar-refractivity contribution in [3.8, 4) is 5.69 Å². The number of rotatable bonds is 7. The normalized spacial score (nSPS) is 13.8. The van der Waals surface area contributed by atoms with Crippen LogP contribution in [0.15, 0.2) is 48.4 Å². The quantitative estimate of drug-likeness (QED) is 0.692. The molecule has 0 aliphatic carbocycles. The van der Waals surface area contributed by atoms with E-state index in [1.165, 1.54) is 11.9 Å². The van der Waals surface area contributed by atoms with Crippen LogP contribution < -0.4 is 5.32 Å². The van der Waals surface area contributed by atoms with Crippen LogP contribution in [0.25, 0.3) is 5.69 Å². The van der Waals surface area contributed by atoms with Gasteiger partial charge in [0.05, 0.1) is 11.8 Å². The van der Waals surface area contributed by atoms with Crippen LogP contribution in [0.1, 0.15) is 35.5 Å². The Morgan fingerprint density at radius 1 is 1.33 bits per heavy atom. The lowest BCUT2D eigenvalue weighted by Gasteiger charge is -2.17. The fourth-order valence-electron chi connectivity index (χ4n) is 2.72. The van der Waals surface area contributed by atoms with Crippen molar-refractivity contribution in [1.82, 2.24) is 20.1 Å². The molecule has 0 amide bonds. The minimum Gasteiger partial charge on any atom is -0.388 e. The van der Waals surface area contributed by atoms with Crippen LogP contribution in [0.5, 0.6) is 0 Å². The maximum Gasteiger partial charge on any atom is 0.138 e. The third kappa shape index (κ3) is 4.08. The smallest absolute Gasteiger partial charge is 0.138 e. The van der Waals surface area contributed by atoms with Gasteiger partial charge in [-0.25, -0.2) is 9.67 Å². The lowest BCUT2D eigenvalue weighted by atomic mass is 10.1. The Bertz CT molecular complexity index is 755. The zero-order valence-electron chi connectivity index (χ0n) is 13.9. The first-order chi connectivity index (χ1) is 11.6. The largest absolute Gasteiger partial charge is 0.388 e. The summed E-state index contributed by atoms with van der Waals surface area (Å²) in [4.78, 5) is 5.01. The van der Waals surface area contributed by atoms with E-state index < -0.39 is 6.10 Å². The van der Waals surface area contributed by atoms with E-state index in [2.05, 4.69) is 47.4 Å². The number of hydrogen-bond acceptors (Lipinski definition) is 5. The van der Waals surface area contributed by atoms with Gasteiger partial charge in [-0.15, -0.1) is 11.3 Å². The number of nitrogens with zero attached hydrogens (tertiary/aromatic N) is 3. The second kappa shape index (κ2) is 7.70. The predicted molar refractivity (Wildman–Crippen MR) is 96.3 cm³/mol. The van der Waals surface area contributed by atoms with Gasteiger partial charge in [-0.2, -0.15) is 5.10 Å². The fraction of sp³-hybridized carbons (Fsp3) is 0.333. The number of aromatic nitrogens is 3. The van der Waals surface area contributed by atoms with E-state index in [4.69, 9.17) is 0 Å². The molecule has 1 aromatic carbocycles. The van der Waals surface area contributed by atoms with E-state index >= 15 is 0 Å². The molecule has 0 spiro atoms. The number of thiophene rings is 1. The third-order valence-electron chi connectivity index (χ3n) is 4.03. The summed E-state index contributed by atoms with van der Waals surface area (Å²) in [5.41, 5.74) is 3.41. The van der Waals surface area contributed by atoms with Crippen LogP contribution in [-0.2, 0) is 6.54 Å². The molecule has 0 aliphatic heterocycles. The molecular weight excluding hydrogens is 320 g/mol. The van der Waals surface area contributed by atoms with Gasteiger partial charge in [0.25, 0.3) is 0 Å². The number of aliphatic hydroxyl groups excluding tert-OH is 1. The molecule has 0 radical (unpaired) electrons. The molecule has 2 atom stereocenters. The number of benzene rings is 1. The van der Waals surface area contributed by atoms with Gasteiger partial charge in [0.2, 0.25) is 0 Å². The molecule has 24 heavy (non-hydrogen) atoms. The summed E-state index contributed by atoms with van der Waals surface area (Å²) < 4.78 is 1.77. The van der Waals surface area contributed by atoms with Gasteiger partial charge in [0, 0.05) is 17.5 Å². The summed E-state index contributed by atoms with van der Waals surface area (Å²) in [6.07, 6.45) is 3.55. The van der Waals surface area contributed by atoms with Gasteiger partial charge < -0.3 is 10.4 Å². The zero-order chi connectivity index (χ0) is 16.9. The highest BCUT2D eigenvalue weighted by atomic mass is 32.1. The van der Waals surface area contributed by atoms with Gasteiger partial charge in [-0.1, -0.05) is 18.2 Å². The molecular formula is C18H22N4OS. The molecule has 5 nitrogen and oxygen atoms in total. The van der Waals surface area contributed by atoms with Gasteiger partial charge in [-0.3, -0.25) is 0 Å². The van der Waals surface area contributed by atoms with Crippen LogP contribution in [0.3, 0.4) is 0 Å². The van der Waals surface area contributed by atoms with E-state index in [1.54, 1.807) is 22.3 Å². The minimum atomic E-state index is -0.399. The molecule has 6 heteroatoms. The standard InChI is InChI=1S/C18H22N4OS/c1-13-8-15(5-6-16(13)22-12-19-11-21-22)10-20-14(2)9-17(23)18-4-3-7-24-18/h3-8,11-12,14,17,20,23H,9-10H2,1-2H3. The molecule has 2 N–H and O–H groups in total. The van der Waals surface area contributed by atoms with E-state index in [0.717, 1.165) is 22.7 Å². The molecule has 2 heterocycles. The third-order valence-corrected chi connectivity index (χ3v) is 5.00. The van der Waals surface area contributed by atoms with Crippen molar-refractivity contribution in [1.29, 1.82) is 0 Å². The zero-order valence-corrected chi connectivity index (χ0v) is 14.7. The maximum absolute atomic E-state index is 10.2. The minimum absolute atomic E-state index is 0.234. The molecule has 2 aromatic heterocycles. The van der Waals surface area contributed by atoms with Crippen molar-refractivity contribution in [3.63, 3.8) is 0 Å². The lowest BCUT2D eigenvalue weighted by molar-refractivity contribution is 0.157. The lowest BCUT2D eigenvalue weighted by Crippen LogP contribution is -2.27. The Morgan fingerprint density at radius 2 is 2.21 bits per heavy atom. The Labute approximate surface area is 146 Å². The molecule has 0 saturated carbocycles. The summed E-state index contributed by atoms with van der Waals surface area (Å²) in [7, 11) is 0. The fourth-order valence-corrected chi connectivity index (χ4v) is 3.45. The van der Waals surface area contributed by atoms with Crippen molar-refractivity contribution >= 4 is 11.3 Å². The van der Waals surface area contributed by atoms with E-state index in [-0.39, 0.29) is 6.04 Å². The first-order valence-corrected chi connectivity index (χ1v) is 8.91. The topological polar surface area (TPSA) is 63.0 Å². The van der Waals surface area contributed by atoms with Crippen molar-refractivity contribution in [2.24, 2.45) is 0 Å². The van der Waals surface area contributed by atoms with Crippen LogP contribution >= 0.6 is 11.3 Å². The van der Waals surface area contributed by atoms with Crippen molar-refractivity contribution in [2.75, 3.05) is 0 Å². The monoisotopic (exact) mass is 342 g/mol. The van der Waals surface area contributed by atoms with E-state index in [1.807, 2.05) is 17.5 Å². The molecule has 3 rings (SSSR count). The van der Waals surface area contributed by atoms with Crippen LogP contribution in [0.4, 0.5) is 0 Å². The maximum atomic E-state index is 10.2. The van der Waals surface area contributed by atoms with Gasteiger partial charge >= 0.3 is 0 Å². The second-order valence-corrected chi connectivity index (χ2v) is 6.99. The highest BCUT2D eigenvalue weighted by molar-refractivity contribution is 7.10. The molecule has 0 fully saturated rings. The molecule has 126 valence electrons. The number of nitrogens with one attached hydrogen (secondary N) is 1. The van der Waals surface area contributed by atoms with E-state index in [9.17, 15) is 5.11 Å². The van der Waals surface area contributed by atoms with Crippen LogP contribution in [0, 0.1) is 6.92 Å². The Balaban J connectivity index is 1.55. The summed E-state index contributed by atoms with van der Waals surface area (Å²) >= 11 is 1.60. The number of aliphatic hydroxyl groups is 1. The van der Waals surface area contributed by atoms with Gasteiger partial charge in [-0.05, 0) is 48.9 Å². The van der Waals surface area contributed by atoms with E-state index in [0.29, 0.717) is 6.42 Å². The Morgan fingerprint density at radius 3 is 2.88 bits per heavy atom. The summed E-state index contributed by atoms with van der Waals surface area (Å²) in [6, 6.07) is 10.5. The molecule has 0 saturated heterocycles. The van der Waals surface area contributed by atoms with Crippen molar-refractivity contribution in [2.45, 2.75) is 39.0 Å². The average Bonchev–Trinajstić information content (AvgIpc) is 3.26. The first-order valence-electron chi connectivity index (χ1n) is 8.03. The predicted octanol–water partition coefficient (Wildman–Crippen LogP) is 3.24. The number of aryl methyl sites for hydroxylation is 1. The highest BCUT2D eigenvalue weighted by Crippen LogP contribution is 2.23. The first kappa shape index (κ1) is 16.8. The summed E-state index contributed by atoms with van der Waals surface area (Å²) in [5.74, 6) is 0. The van der Waals surface area contributed by atoms with Crippen molar-refractivity contribution < 1.29 is 5.11 Å². The Hall–Kier alpha value is -2.02. The molecule has 3 aromatic rings. The Kier molecular flexibility index (Phi) is 5.40. The van der Waals surface area contributed by atoms with Gasteiger partial charge in [0.15, 0.2) is 0 Å². The van der Waals surface area contributed by atoms with Gasteiger partial charge in [0.1, 0.15) is 12.7 Å². The summed E-state index contributed by atoms with van der Waals surface area (Å²) in [5, 5.41) is 19.9.